The number of rotatable bonds is 5. The number of anilines is 1. The number of nitrogens with zero attached hydrogens (tertiary/aromatic N) is 1. The molecule has 4 nitrogen and oxygen atoms in total. The van der Waals surface area contributed by atoms with Crippen LogP contribution in [0.5, 0.6) is 5.75 Å². The first-order chi connectivity index (χ1) is 11.3. The molecule has 3 aromatic rings. The molecule has 0 aliphatic rings. The van der Waals surface area contributed by atoms with Crippen LogP contribution in [0.3, 0.4) is 0 Å². The van der Waals surface area contributed by atoms with E-state index in [1.807, 2.05) is 66.9 Å². The van der Waals surface area contributed by atoms with Crippen molar-refractivity contribution in [1.29, 1.82) is 0 Å². The summed E-state index contributed by atoms with van der Waals surface area (Å²) in [5.74, 6) is 0.827. The summed E-state index contributed by atoms with van der Waals surface area (Å²) in [6.45, 7) is 0.638. The molecule has 0 unspecified atom stereocenters. The Labute approximate surface area is 135 Å². The highest BCUT2D eigenvalue weighted by molar-refractivity contribution is 5.46. The second-order valence-corrected chi connectivity index (χ2v) is 5.16. The van der Waals surface area contributed by atoms with Gasteiger partial charge in [-0.25, -0.2) is 0 Å². The van der Waals surface area contributed by atoms with Crippen LogP contribution in [0.1, 0.15) is 5.56 Å². The minimum Gasteiger partial charge on any atom is -0.497 e. The number of ether oxygens (including phenoxy) is 1. The van der Waals surface area contributed by atoms with Crippen molar-refractivity contribution in [3.63, 3.8) is 0 Å². The summed E-state index contributed by atoms with van der Waals surface area (Å²) in [6.07, 6.45) is 1.87. The van der Waals surface area contributed by atoms with E-state index in [-0.39, 0.29) is 5.56 Å². The molecule has 0 spiro atoms. The van der Waals surface area contributed by atoms with E-state index < -0.39 is 0 Å². The molecule has 0 fully saturated rings. The zero-order chi connectivity index (χ0) is 16.1. The second-order valence-electron chi connectivity index (χ2n) is 5.16. The fraction of sp³-hybridized carbons (Fsp3) is 0.105. The Morgan fingerprint density at radius 1 is 0.957 bits per heavy atom. The van der Waals surface area contributed by atoms with E-state index in [2.05, 4.69) is 5.32 Å². The van der Waals surface area contributed by atoms with Crippen molar-refractivity contribution in [2.45, 2.75) is 6.54 Å². The van der Waals surface area contributed by atoms with Crippen molar-refractivity contribution < 1.29 is 4.74 Å². The summed E-state index contributed by atoms with van der Waals surface area (Å²) in [6, 6.07) is 20.8. The first kappa shape index (κ1) is 14.9. The summed E-state index contributed by atoms with van der Waals surface area (Å²) in [5.41, 5.74) is 2.86. The van der Waals surface area contributed by atoms with Crippen LogP contribution in [0.4, 0.5) is 5.69 Å². The lowest BCUT2D eigenvalue weighted by molar-refractivity contribution is 0.415. The summed E-state index contributed by atoms with van der Waals surface area (Å²) in [4.78, 5) is 12.0. The predicted molar refractivity (Wildman–Crippen MR) is 92.4 cm³/mol. The number of nitrogens with one attached hydrogen (secondary N) is 1. The monoisotopic (exact) mass is 306 g/mol. The van der Waals surface area contributed by atoms with E-state index in [1.54, 1.807) is 17.7 Å². The van der Waals surface area contributed by atoms with Crippen LogP contribution in [0.25, 0.3) is 5.69 Å². The molecule has 0 bridgehead atoms. The molecule has 116 valence electrons. The smallest absolute Gasteiger partial charge is 0.255 e. The quantitative estimate of drug-likeness (QED) is 0.785. The van der Waals surface area contributed by atoms with Gasteiger partial charge in [-0.2, -0.15) is 0 Å². The maximum atomic E-state index is 12.0. The van der Waals surface area contributed by atoms with E-state index >= 15 is 0 Å². The molecule has 2 aromatic carbocycles. The molecule has 1 N–H and O–H groups in total. The van der Waals surface area contributed by atoms with Gasteiger partial charge in [0.05, 0.1) is 7.11 Å². The van der Waals surface area contributed by atoms with Gasteiger partial charge in [-0.15, -0.1) is 0 Å². The molecule has 0 aliphatic heterocycles. The molecule has 3 rings (SSSR count). The van der Waals surface area contributed by atoms with Gasteiger partial charge in [0.2, 0.25) is 0 Å². The first-order valence-electron chi connectivity index (χ1n) is 7.41. The summed E-state index contributed by atoms with van der Waals surface area (Å²) < 4.78 is 6.80. The molecule has 1 heterocycles. The predicted octanol–water partition coefficient (Wildman–Crippen LogP) is 3.46. The third-order valence-electron chi connectivity index (χ3n) is 3.59. The minimum absolute atomic E-state index is 0.0376. The largest absolute Gasteiger partial charge is 0.497 e. The van der Waals surface area contributed by atoms with Crippen LogP contribution in [-0.4, -0.2) is 11.7 Å². The molecular weight excluding hydrogens is 288 g/mol. The van der Waals surface area contributed by atoms with Crippen LogP contribution in [0.2, 0.25) is 0 Å². The fourth-order valence-electron chi connectivity index (χ4n) is 2.34. The molecule has 4 heteroatoms. The number of hydrogen-bond acceptors (Lipinski definition) is 3. The van der Waals surface area contributed by atoms with Crippen LogP contribution in [0, 0.1) is 0 Å². The van der Waals surface area contributed by atoms with Gasteiger partial charge in [0.1, 0.15) is 5.75 Å². The van der Waals surface area contributed by atoms with Crippen molar-refractivity contribution >= 4 is 5.69 Å². The highest BCUT2D eigenvalue weighted by Gasteiger charge is 2.01. The van der Waals surface area contributed by atoms with E-state index in [1.165, 1.54) is 0 Å². The van der Waals surface area contributed by atoms with Crippen molar-refractivity contribution in [3.05, 3.63) is 88.8 Å². The fourth-order valence-corrected chi connectivity index (χ4v) is 2.34. The van der Waals surface area contributed by atoms with Gasteiger partial charge in [-0.3, -0.25) is 9.36 Å². The zero-order valence-corrected chi connectivity index (χ0v) is 12.9. The van der Waals surface area contributed by atoms with Gasteiger partial charge in [0.15, 0.2) is 0 Å². The molecule has 1 aromatic heterocycles. The second kappa shape index (κ2) is 6.83. The topological polar surface area (TPSA) is 43.3 Å². The van der Waals surface area contributed by atoms with Crippen LogP contribution in [0.15, 0.2) is 77.7 Å². The number of methoxy groups -OCH3 is 1. The molecule has 0 atom stereocenters. The normalized spacial score (nSPS) is 10.3. The van der Waals surface area contributed by atoms with Gasteiger partial charge in [0, 0.05) is 30.2 Å². The average Bonchev–Trinajstić information content (AvgIpc) is 2.62. The van der Waals surface area contributed by atoms with Crippen molar-refractivity contribution in [2.24, 2.45) is 0 Å². The summed E-state index contributed by atoms with van der Waals surface area (Å²) >= 11 is 0. The SMILES string of the molecule is COc1ccc(NCc2ccc(=O)n(-c3ccccc3)c2)cc1. The Morgan fingerprint density at radius 3 is 2.39 bits per heavy atom. The minimum atomic E-state index is -0.0376. The molecule has 0 saturated heterocycles. The van der Waals surface area contributed by atoms with Gasteiger partial charge >= 0.3 is 0 Å². The standard InChI is InChI=1S/C19H18N2O2/c1-23-18-10-8-16(9-11-18)20-13-15-7-12-19(22)21(14-15)17-5-3-2-4-6-17/h2-12,14,20H,13H2,1H3. The highest BCUT2D eigenvalue weighted by atomic mass is 16.5. The molecule has 0 saturated carbocycles. The van der Waals surface area contributed by atoms with Crippen LogP contribution >= 0.6 is 0 Å². The summed E-state index contributed by atoms with van der Waals surface area (Å²) in [5, 5.41) is 3.34. The molecule has 23 heavy (non-hydrogen) atoms. The number of aromatic nitrogens is 1. The molecule has 0 radical (unpaired) electrons. The number of hydrogen-bond donors (Lipinski definition) is 1. The van der Waals surface area contributed by atoms with Gasteiger partial charge in [-0.05, 0) is 42.0 Å². The van der Waals surface area contributed by atoms with Gasteiger partial charge in [-0.1, -0.05) is 24.3 Å². The average molecular weight is 306 g/mol. The molecular formula is C19H18N2O2. The Bertz CT molecular complexity index is 824. The third-order valence-corrected chi connectivity index (χ3v) is 3.59. The Hall–Kier alpha value is -3.01. The Morgan fingerprint density at radius 2 is 1.70 bits per heavy atom. The first-order valence-corrected chi connectivity index (χ1v) is 7.41. The Balaban J connectivity index is 1.77. The third kappa shape index (κ3) is 3.61. The van der Waals surface area contributed by atoms with E-state index in [0.717, 1.165) is 22.7 Å². The van der Waals surface area contributed by atoms with E-state index in [9.17, 15) is 4.79 Å². The lowest BCUT2D eigenvalue weighted by Gasteiger charge is -2.10. The van der Waals surface area contributed by atoms with Gasteiger partial charge < -0.3 is 10.1 Å². The van der Waals surface area contributed by atoms with Crippen molar-refractivity contribution in [2.75, 3.05) is 12.4 Å². The number of benzene rings is 2. The van der Waals surface area contributed by atoms with Crippen LogP contribution in [-0.2, 0) is 6.54 Å². The van der Waals surface area contributed by atoms with Crippen LogP contribution < -0.4 is 15.6 Å². The Kier molecular flexibility index (Phi) is 4.43. The summed E-state index contributed by atoms with van der Waals surface area (Å²) in [7, 11) is 1.65. The number of para-hydroxylation sites is 1. The maximum absolute atomic E-state index is 12.0. The zero-order valence-electron chi connectivity index (χ0n) is 12.9. The van der Waals surface area contributed by atoms with Gasteiger partial charge in [0.25, 0.3) is 5.56 Å². The lowest BCUT2D eigenvalue weighted by Crippen LogP contribution is -2.17. The lowest BCUT2D eigenvalue weighted by atomic mass is 10.2. The van der Waals surface area contributed by atoms with E-state index in [4.69, 9.17) is 4.74 Å². The van der Waals surface area contributed by atoms with Crippen molar-refractivity contribution in [3.8, 4) is 11.4 Å². The highest BCUT2D eigenvalue weighted by Crippen LogP contribution is 2.16. The van der Waals surface area contributed by atoms with E-state index in [0.29, 0.717) is 6.54 Å². The number of pyridine rings is 1. The van der Waals surface area contributed by atoms with Crippen molar-refractivity contribution in [1.82, 2.24) is 4.57 Å². The molecule has 0 aliphatic carbocycles. The maximum Gasteiger partial charge on any atom is 0.255 e. The molecule has 0 amide bonds.